The van der Waals surface area contributed by atoms with Crippen molar-refractivity contribution in [1.82, 2.24) is 0 Å². The lowest BCUT2D eigenvalue weighted by atomic mass is 9.98. The molecular formula is C22H44O2. The number of hydrogen-bond acceptors (Lipinski definition) is 1. The topological polar surface area (TPSA) is 37.3 Å². The quantitative estimate of drug-likeness (QED) is 0.244. The number of carbonyl (C=O) groups is 1. The van der Waals surface area contributed by atoms with E-state index in [0.29, 0.717) is 0 Å². The third kappa shape index (κ3) is 16.3. The Bertz CT molecular complexity index is 263. The molecule has 1 atom stereocenters. The summed E-state index contributed by atoms with van der Waals surface area (Å²) < 4.78 is 0. The lowest BCUT2D eigenvalue weighted by Gasteiger charge is -2.08. The van der Waals surface area contributed by atoms with Gasteiger partial charge in [0, 0.05) is 0 Å². The van der Waals surface area contributed by atoms with E-state index >= 15 is 0 Å². The molecule has 0 spiro atoms. The van der Waals surface area contributed by atoms with E-state index in [-0.39, 0.29) is 5.92 Å². The Morgan fingerprint density at radius 3 is 1.25 bits per heavy atom. The molecule has 0 amide bonds. The van der Waals surface area contributed by atoms with Crippen molar-refractivity contribution in [2.75, 3.05) is 0 Å². The van der Waals surface area contributed by atoms with Crippen LogP contribution >= 0.6 is 0 Å². The minimum Gasteiger partial charge on any atom is -0.481 e. The van der Waals surface area contributed by atoms with Crippen molar-refractivity contribution in [3.8, 4) is 0 Å². The first-order valence-electron chi connectivity index (χ1n) is 10.9. The Hall–Kier alpha value is -0.530. The average molecular weight is 341 g/mol. The molecule has 0 saturated carbocycles. The molecule has 0 aliphatic rings. The van der Waals surface area contributed by atoms with Gasteiger partial charge in [0.15, 0.2) is 0 Å². The van der Waals surface area contributed by atoms with Gasteiger partial charge in [-0.25, -0.2) is 0 Å². The molecule has 0 aliphatic carbocycles. The van der Waals surface area contributed by atoms with Gasteiger partial charge in [0.1, 0.15) is 0 Å². The molecule has 0 aromatic carbocycles. The number of aliphatic carboxylic acids is 1. The van der Waals surface area contributed by atoms with Crippen LogP contribution < -0.4 is 0 Å². The summed E-state index contributed by atoms with van der Waals surface area (Å²) in [6.07, 6.45) is 23.5. The summed E-state index contributed by atoms with van der Waals surface area (Å²) in [5.41, 5.74) is 0. The predicted octanol–water partition coefficient (Wildman–Crippen LogP) is 7.75. The Morgan fingerprint density at radius 1 is 0.625 bits per heavy atom. The monoisotopic (exact) mass is 340 g/mol. The summed E-state index contributed by atoms with van der Waals surface area (Å²) in [5.74, 6) is -0.727. The summed E-state index contributed by atoms with van der Waals surface area (Å²) in [7, 11) is 0. The van der Waals surface area contributed by atoms with E-state index in [1.54, 1.807) is 0 Å². The molecule has 0 unspecified atom stereocenters. The molecule has 0 rings (SSSR count). The van der Waals surface area contributed by atoms with E-state index in [0.717, 1.165) is 19.3 Å². The van der Waals surface area contributed by atoms with Gasteiger partial charge in [-0.2, -0.15) is 0 Å². The van der Waals surface area contributed by atoms with Crippen LogP contribution in [0.5, 0.6) is 0 Å². The highest BCUT2D eigenvalue weighted by molar-refractivity contribution is 5.69. The van der Waals surface area contributed by atoms with Crippen molar-refractivity contribution < 1.29 is 9.90 Å². The van der Waals surface area contributed by atoms with Crippen LogP contribution in [0.2, 0.25) is 0 Å². The summed E-state index contributed by atoms with van der Waals surface area (Å²) in [4.78, 5) is 10.9. The molecule has 0 saturated heterocycles. The van der Waals surface area contributed by atoms with Crippen molar-refractivity contribution in [3.63, 3.8) is 0 Å². The van der Waals surface area contributed by atoms with E-state index in [1.165, 1.54) is 96.3 Å². The Labute approximate surface area is 151 Å². The van der Waals surface area contributed by atoms with Gasteiger partial charge in [0.2, 0.25) is 0 Å². The van der Waals surface area contributed by atoms with Gasteiger partial charge in [-0.1, -0.05) is 117 Å². The summed E-state index contributed by atoms with van der Waals surface area (Å²) >= 11 is 0. The van der Waals surface area contributed by atoms with Gasteiger partial charge in [-0.15, -0.1) is 0 Å². The third-order valence-corrected chi connectivity index (χ3v) is 5.25. The molecule has 0 heterocycles. The highest BCUT2D eigenvalue weighted by Gasteiger charge is 2.13. The smallest absolute Gasteiger partial charge is 0.306 e. The Balaban J connectivity index is 3.11. The zero-order valence-electron chi connectivity index (χ0n) is 16.7. The SMILES string of the molecule is CCCCCCCCCCCCCCCCCC[C@H](CC)C(=O)O. The van der Waals surface area contributed by atoms with Gasteiger partial charge >= 0.3 is 5.97 Å². The van der Waals surface area contributed by atoms with Crippen molar-refractivity contribution >= 4 is 5.97 Å². The third-order valence-electron chi connectivity index (χ3n) is 5.25. The maximum absolute atomic E-state index is 10.9. The molecule has 0 aromatic heterocycles. The van der Waals surface area contributed by atoms with Crippen molar-refractivity contribution in [3.05, 3.63) is 0 Å². The van der Waals surface area contributed by atoms with Crippen LogP contribution in [0, 0.1) is 5.92 Å². The van der Waals surface area contributed by atoms with Crippen LogP contribution in [0.3, 0.4) is 0 Å². The largest absolute Gasteiger partial charge is 0.481 e. The minimum absolute atomic E-state index is 0.114. The van der Waals surface area contributed by atoms with Gasteiger partial charge < -0.3 is 5.11 Å². The zero-order chi connectivity index (χ0) is 17.9. The second kappa shape index (κ2) is 18.8. The first-order valence-corrected chi connectivity index (χ1v) is 10.9. The van der Waals surface area contributed by atoms with Crippen LogP contribution in [-0.4, -0.2) is 11.1 Å². The van der Waals surface area contributed by atoms with Gasteiger partial charge in [-0.05, 0) is 12.8 Å². The zero-order valence-corrected chi connectivity index (χ0v) is 16.7. The van der Waals surface area contributed by atoms with Crippen molar-refractivity contribution in [2.24, 2.45) is 5.92 Å². The number of hydrogen-bond donors (Lipinski definition) is 1. The standard InChI is InChI=1S/C22H44O2/c1-3-5-6-7-8-9-10-11-12-13-14-15-16-17-18-19-20-21(4-2)22(23)24/h21H,3-20H2,1-2H3,(H,23,24)/t21-/m0/s1. The fourth-order valence-corrected chi connectivity index (χ4v) is 3.44. The van der Waals surface area contributed by atoms with Crippen LogP contribution in [0.4, 0.5) is 0 Å². The Kier molecular flexibility index (Phi) is 18.4. The van der Waals surface area contributed by atoms with Gasteiger partial charge in [0.25, 0.3) is 0 Å². The lowest BCUT2D eigenvalue weighted by Crippen LogP contribution is -2.12. The van der Waals surface area contributed by atoms with Crippen LogP contribution in [0.1, 0.15) is 129 Å². The highest BCUT2D eigenvalue weighted by Crippen LogP contribution is 2.16. The molecule has 0 fully saturated rings. The van der Waals surface area contributed by atoms with E-state index in [4.69, 9.17) is 5.11 Å². The summed E-state index contributed by atoms with van der Waals surface area (Å²) in [6.45, 7) is 4.26. The molecule has 144 valence electrons. The maximum atomic E-state index is 10.9. The maximum Gasteiger partial charge on any atom is 0.306 e. The van der Waals surface area contributed by atoms with E-state index in [9.17, 15) is 4.79 Å². The molecule has 0 aliphatic heterocycles. The first kappa shape index (κ1) is 23.5. The molecule has 2 heteroatoms. The number of carboxylic acids is 1. The molecule has 0 radical (unpaired) electrons. The normalized spacial score (nSPS) is 12.4. The fraction of sp³-hybridized carbons (Fsp3) is 0.955. The summed E-state index contributed by atoms with van der Waals surface area (Å²) in [5, 5.41) is 9.00. The van der Waals surface area contributed by atoms with E-state index in [1.807, 2.05) is 6.92 Å². The van der Waals surface area contributed by atoms with Crippen LogP contribution in [0.25, 0.3) is 0 Å². The summed E-state index contributed by atoms with van der Waals surface area (Å²) in [6, 6.07) is 0. The van der Waals surface area contributed by atoms with Crippen molar-refractivity contribution in [1.29, 1.82) is 0 Å². The van der Waals surface area contributed by atoms with Gasteiger partial charge in [-0.3, -0.25) is 4.79 Å². The van der Waals surface area contributed by atoms with Crippen LogP contribution in [-0.2, 0) is 4.79 Å². The average Bonchev–Trinajstić information content (AvgIpc) is 2.57. The highest BCUT2D eigenvalue weighted by atomic mass is 16.4. The Morgan fingerprint density at radius 2 is 0.958 bits per heavy atom. The second-order valence-electron chi connectivity index (χ2n) is 7.54. The van der Waals surface area contributed by atoms with E-state index < -0.39 is 5.97 Å². The van der Waals surface area contributed by atoms with Crippen molar-refractivity contribution in [2.45, 2.75) is 129 Å². The fourth-order valence-electron chi connectivity index (χ4n) is 3.44. The lowest BCUT2D eigenvalue weighted by molar-refractivity contribution is -0.142. The number of rotatable bonds is 19. The molecule has 0 bridgehead atoms. The number of unbranched alkanes of at least 4 members (excludes halogenated alkanes) is 15. The molecule has 2 nitrogen and oxygen atoms in total. The number of carboxylic acid groups (broad SMARTS) is 1. The molecular weight excluding hydrogens is 296 g/mol. The first-order chi connectivity index (χ1) is 11.7. The molecule has 1 N–H and O–H groups in total. The second-order valence-corrected chi connectivity index (χ2v) is 7.54. The van der Waals surface area contributed by atoms with Crippen LogP contribution in [0.15, 0.2) is 0 Å². The molecule has 24 heavy (non-hydrogen) atoms. The predicted molar refractivity (Wildman–Crippen MR) is 106 cm³/mol. The van der Waals surface area contributed by atoms with E-state index in [2.05, 4.69) is 6.92 Å². The van der Waals surface area contributed by atoms with Gasteiger partial charge in [0.05, 0.1) is 5.92 Å². The minimum atomic E-state index is -0.613. The molecule has 0 aromatic rings.